The lowest BCUT2D eigenvalue weighted by atomic mass is 9.95. The van der Waals surface area contributed by atoms with Gasteiger partial charge in [-0.1, -0.05) is 36.4 Å². The molecule has 0 aliphatic heterocycles. The summed E-state index contributed by atoms with van der Waals surface area (Å²) in [6, 6.07) is 14.9. The van der Waals surface area contributed by atoms with Crippen molar-refractivity contribution in [3.63, 3.8) is 0 Å². The molecular formula is C19H23NO3S. The van der Waals surface area contributed by atoms with Crippen molar-refractivity contribution < 1.29 is 13.5 Å². The average Bonchev–Trinajstić information content (AvgIpc) is 2.90. The molecule has 0 fully saturated rings. The molecule has 2 atom stereocenters. The van der Waals surface area contributed by atoms with Crippen molar-refractivity contribution in [1.29, 1.82) is 0 Å². The van der Waals surface area contributed by atoms with Crippen molar-refractivity contribution in [1.82, 2.24) is 5.32 Å². The smallest absolute Gasteiger partial charge is 0.175 e. The molecule has 5 heteroatoms. The zero-order valence-electron chi connectivity index (χ0n) is 14.0. The van der Waals surface area contributed by atoms with E-state index in [4.69, 9.17) is 0 Å². The predicted molar refractivity (Wildman–Crippen MR) is 94.6 cm³/mol. The molecule has 128 valence electrons. The third kappa shape index (κ3) is 3.38. The molecule has 2 N–H and O–H groups in total. The fourth-order valence-corrected chi connectivity index (χ4v) is 3.93. The second-order valence-corrected chi connectivity index (χ2v) is 8.65. The number of aryl methyl sites for hydroxylation is 1. The predicted octanol–water partition coefficient (Wildman–Crippen LogP) is 2.57. The lowest BCUT2D eigenvalue weighted by molar-refractivity contribution is 0.0363. The van der Waals surface area contributed by atoms with Crippen LogP contribution in [0.3, 0.4) is 0 Å². The van der Waals surface area contributed by atoms with Crippen LogP contribution in [0.15, 0.2) is 53.4 Å². The molecule has 0 saturated heterocycles. The fraction of sp³-hybridized carbons (Fsp3) is 0.368. The quantitative estimate of drug-likeness (QED) is 0.874. The monoisotopic (exact) mass is 345 g/mol. The third-order valence-electron chi connectivity index (χ3n) is 4.84. The Morgan fingerprint density at radius 2 is 1.83 bits per heavy atom. The Morgan fingerprint density at radius 1 is 1.17 bits per heavy atom. The Balaban J connectivity index is 1.69. The Bertz CT molecular complexity index is 830. The Labute approximate surface area is 143 Å². The highest BCUT2D eigenvalue weighted by Gasteiger charge is 2.36. The van der Waals surface area contributed by atoms with Crippen molar-refractivity contribution >= 4 is 9.84 Å². The van der Waals surface area contributed by atoms with Gasteiger partial charge in [-0.15, -0.1) is 0 Å². The first-order valence-electron chi connectivity index (χ1n) is 8.14. The second kappa shape index (κ2) is 6.31. The van der Waals surface area contributed by atoms with E-state index in [1.807, 2.05) is 37.3 Å². The van der Waals surface area contributed by atoms with Crippen LogP contribution in [0.4, 0.5) is 0 Å². The Morgan fingerprint density at radius 3 is 2.50 bits per heavy atom. The molecule has 3 rings (SSSR count). The van der Waals surface area contributed by atoms with Gasteiger partial charge in [0.1, 0.15) is 5.60 Å². The molecule has 0 bridgehead atoms. The van der Waals surface area contributed by atoms with Crippen LogP contribution >= 0.6 is 0 Å². The second-order valence-electron chi connectivity index (χ2n) is 6.63. The van der Waals surface area contributed by atoms with E-state index in [9.17, 15) is 13.5 Å². The van der Waals surface area contributed by atoms with Crippen molar-refractivity contribution in [2.75, 3.05) is 12.8 Å². The van der Waals surface area contributed by atoms with Crippen LogP contribution in [-0.4, -0.2) is 26.3 Å². The normalized spacial score (nSPS) is 21.5. The largest absolute Gasteiger partial charge is 0.384 e. The summed E-state index contributed by atoms with van der Waals surface area (Å²) in [6.07, 6.45) is 2.82. The topological polar surface area (TPSA) is 66.4 Å². The van der Waals surface area contributed by atoms with E-state index in [0.717, 1.165) is 24.0 Å². The van der Waals surface area contributed by atoms with E-state index in [-0.39, 0.29) is 6.04 Å². The van der Waals surface area contributed by atoms with Crippen molar-refractivity contribution in [2.45, 2.75) is 36.3 Å². The lowest BCUT2D eigenvalue weighted by Gasteiger charge is -2.27. The average molecular weight is 345 g/mol. The van der Waals surface area contributed by atoms with Crippen LogP contribution in [0.1, 0.15) is 36.1 Å². The van der Waals surface area contributed by atoms with Gasteiger partial charge in [-0.3, -0.25) is 0 Å². The maximum absolute atomic E-state index is 11.5. The summed E-state index contributed by atoms with van der Waals surface area (Å²) in [5.41, 5.74) is 2.39. The molecule has 0 radical (unpaired) electrons. The van der Waals surface area contributed by atoms with E-state index in [1.54, 1.807) is 12.1 Å². The van der Waals surface area contributed by atoms with Gasteiger partial charge in [0, 0.05) is 18.8 Å². The molecule has 24 heavy (non-hydrogen) atoms. The molecular weight excluding hydrogens is 322 g/mol. The molecule has 0 spiro atoms. The Hall–Kier alpha value is -1.69. The summed E-state index contributed by atoms with van der Waals surface area (Å²) >= 11 is 0. The minimum absolute atomic E-state index is 0.0235. The van der Waals surface area contributed by atoms with Gasteiger partial charge >= 0.3 is 0 Å². The minimum Gasteiger partial charge on any atom is -0.384 e. The minimum atomic E-state index is -3.17. The number of rotatable bonds is 5. The fourth-order valence-electron chi connectivity index (χ4n) is 3.30. The maximum Gasteiger partial charge on any atom is 0.175 e. The van der Waals surface area contributed by atoms with Gasteiger partial charge < -0.3 is 10.4 Å². The molecule has 4 nitrogen and oxygen atoms in total. The summed E-state index contributed by atoms with van der Waals surface area (Å²) < 4.78 is 23.0. The summed E-state index contributed by atoms with van der Waals surface area (Å²) in [7, 11) is -3.17. The van der Waals surface area contributed by atoms with Crippen LogP contribution in [0.5, 0.6) is 0 Å². The van der Waals surface area contributed by atoms with E-state index >= 15 is 0 Å². The number of hydrogen-bond acceptors (Lipinski definition) is 4. The molecule has 0 heterocycles. The SMILES string of the molecule is C[C@@H](NC[C@]1(O)CCc2ccccc21)c1ccc(S(C)(=O)=O)cc1. The highest BCUT2D eigenvalue weighted by Crippen LogP contribution is 2.36. The number of hydrogen-bond donors (Lipinski definition) is 2. The molecule has 2 aromatic rings. The van der Waals surface area contributed by atoms with Gasteiger partial charge in [0.05, 0.1) is 4.90 Å². The summed E-state index contributed by atoms with van der Waals surface area (Å²) in [6.45, 7) is 2.48. The maximum atomic E-state index is 11.5. The number of benzene rings is 2. The zero-order valence-corrected chi connectivity index (χ0v) is 14.8. The zero-order chi connectivity index (χ0) is 17.4. The van der Waals surface area contributed by atoms with Crippen molar-refractivity contribution in [2.24, 2.45) is 0 Å². The van der Waals surface area contributed by atoms with Crippen LogP contribution in [0, 0.1) is 0 Å². The van der Waals surface area contributed by atoms with Crippen molar-refractivity contribution in [3.8, 4) is 0 Å². The highest BCUT2D eigenvalue weighted by molar-refractivity contribution is 7.90. The molecule has 0 aromatic heterocycles. The van der Waals surface area contributed by atoms with Crippen LogP contribution in [0.2, 0.25) is 0 Å². The van der Waals surface area contributed by atoms with Gasteiger partial charge in [0.2, 0.25) is 0 Å². The summed E-state index contributed by atoms with van der Waals surface area (Å²) in [4.78, 5) is 0.321. The van der Waals surface area contributed by atoms with Gasteiger partial charge in [0.15, 0.2) is 9.84 Å². The van der Waals surface area contributed by atoms with Gasteiger partial charge in [-0.2, -0.15) is 0 Å². The lowest BCUT2D eigenvalue weighted by Crippen LogP contribution is -2.37. The number of nitrogens with one attached hydrogen (secondary N) is 1. The van der Waals surface area contributed by atoms with Gasteiger partial charge in [0.25, 0.3) is 0 Å². The number of aliphatic hydroxyl groups is 1. The number of fused-ring (bicyclic) bond motifs is 1. The Kier molecular flexibility index (Phi) is 4.51. The molecule has 0 unspecified atom stereocenters. The van der Waals surface area contributed by atoms with E-state index in [0.29, 0.717) is 11.4 Å². The molecule has 2 aromatic carbocycles. The van der Waals surface area contributed by atoms with E-state index in [1.165, 1.54) is 11.8 Å². The third-order valence-corrected chi connectivity index (χ3v) is 5.96. The molecule has 1 aliphatic carbocycles. The number of sulfone groups is 1. The standard InChI is InChI=1S/C19H23NO3S/c1-14(15-7-9-17(10-8-15)24(2,22)23)20-13-19(21)12-11-16-5-3-4-6-18(16)19/h3-10,14,20-21H,11-13H2,1-2H3/t14-,19-/m1/s1. The van der Waals surface area contributed by atoms with Gasteiger partial charge in [-0.25, -0.2) is 8.42 Å². The molecule has 1 aliphatic rings. The highest BCUT2D eigenvalue weighted by atomic mass is 32.2. The van der Waals surface area contributed by atoms with E-state index in [2.05, 4.69) is 11.4 Å². The first kappa shape index (κ1) is 17.1. The summed E-state index contributed by atoms with van der Waals surface area (Å²) in [5, 5.41) is 14.3. The van der Waals surface area contributed by atoms with Crippen molar-refractivity contribution in [3.05, 3.63) is 65.2 Å². The van der Waals surface area contributed by atoms with Crippen LogP contribution < -0.4 is 5.32 Å². The molecule has 0 saturated carbocycles. The van der Waals surface area contributed by atoms with Crippen LogP contribution in [-0.2, 0) is 21.9 Å². The van der Waals surface area contributed by atoms with Gasteiger partial charge in [-0.05, 0) is 48.6 Å². The first-order chi connectivity index (χ1) is 11.3. The summed E-state index contributed by atoms with van der Waals surface area (Å²) in [5.74, 6) is 0. The van der Waals surface area contributed by atoms with E-state index < -0.39 is 15.4 Å². The molecule has 0 amide bonds. The van der Waals surface area contributed by atoms with Crippen LogP contribution in [0.25, 0.3) is 0 Å². The first-order valence-corrected chi connectivity index (χ1v) is 10.0.